The summed E-state index contributed by atoms with van der Waals surface area (Å²) in [6, 6.07) is 13.3. The van der Waals surface area contributed by atoms with Crippen molar-refractivity contribution >= 4 is 23.9 Å². The molecule has 4 fully saturated rings. The minimum atomic E-state index is -0.375. The number of benzene rings is 2. The van der Waals surface area contributed by atoms with Crippen LogP contribution in [0.4, 0.5) is 0 Å². The number of halogens is 2. The van der Waals surface area contributed by atoms with Crippen LogP contribution in [0.5, 0.6) is 23.0 Å². The molecule has 0 N–H and O–H groups in total. The van der Waals surface area contributed by atoms with Crippen molar-refractivity contribution < 1.29 is 90.5 Å². The van der Waals surface area contributed by atoms with Gasteiger partial charge in [0.15, 0.2) is 23.0 Å². The molecule has 4 bridgehead atoms. The first-order valence-corrected chi connectivity index (χ1v) is 21.6. The smallest absolute Gasteiger partial charge is 0.308 e. The Labute approximate surface area is 377 Å². The fraction of sp³-hybridized carbons (Fsp3) is 0.652. The second-order valence-corrected chi connectivity index (χ2v) is 17.7. The predicted octanol–water partition coefficient (Wildman–Crippen LogP) is 1.75. The van der Waals surface area contributed by atoms with Crippen LogP contribution in [0.25, 0.3) is 0 Å². The average molecular weight is 967 g/mol. The highest BCUT2D eigenvalue weighted by Crippen LogP contribution is 2.46. The summed E-state index contributed by atoms with van der Waals surface area (Å²) in [5.74, 6) is 1.06. The van der Waals surface area contributed by atoms with Gasteiger partial charge in [0.2, 0.25) is 0 Å². The van der Waals surface area contributed by atoms with Gasteiger partial charge in [-0.25, -0.2) is 0 Å². The number of esters is 4. The van der Waals surface area contributed by atoms with Crippen LogP contribution in [0.1, 0.15) is 128 Å². The number of ether oxygens (including phenoxy) is 6. The number of piperidine rings is 2. The van der Waals surface area contributed by atoms with Crippen LogP contribution in [0.2, 0.25) is 0 Å². The van der Waals surface area contributed by atoms with E-state index in [-0.39, 0.29) is 70.0 Å². The maximum absolute atomic E-state index is 12.8. The van der Waals surface area contributed by atoms with Gasteiger partial charge in [-0.15, -0.1) is 0 Å². The molecule has 4 heterocycles. The maximum atomic E-state index is 12.8. The minimum Gasteiger partial charge on any atom is -1.00 e. The Morgan fingerprint density at radius 1 is 0.533 bits per heavy atom. The van der Waals surface area contributed by atoms with Crippen molar-refractivity contribution in [2.24, 2.45) is 0 Å². The Bertz CT molecular complexity index is 1640. The van der Waals surface area contributed by atoms with Crippen LogP contribution in [-0.4, -0.2) is 97.5 Å². The van der Waals surface area contributed by atoms with Gasteiger partial charge in [-0.2, -0.15) is 0 Å². The highest BCUT2D eigenvalue weighted by Gasteiger charge is 2.53. The summed E-state index contributed by atoms with van der Waals surface area (Å²) in [4.78, 5) is 48.6. The van der Waals surface area contributed by atoms with Gasteiger partial charge in [-0.05, 0) is 49.2 Å². The molecule has 2 aromatic rings. The van der Waals surface area contributed by atoms with Gasteiger partial charge in [0.1, 0.15) is 25.3 Å². The fourth-order valence-corrected chi connectivity index (χ4v) is 10.7. The van der Waals surface area contributed by atoms with E-state index < -0.39 is 0 Å². The van der Waals surface area contributed by atoms with Crippen LogP contribution < -0.4 is 52.9 Å². The summed E-state index contributed by atoms with van der Waals surface area (Å²) in [5.41, 5.74) is 2.28. The average Bonchev–Trinajstić information content (AvgIpc) is 3.40. The molecule has 334 valence electrons. The second kappa shape index (κ2) is 22.2. The van der Waals surface area contributed by atoms with Crippen molar-refractivity contribution in [3.8, 4) is 23.0 Å². The summed E-state index contributed by atoms with van der Waals surface area (Å²) in [7, 11) is 7.81. The molecule has 0 aromatic heterocycles. The lowest BCUT2D eigenvalue weighted by atomic mass is 9.95. The number of hydrogen-bond donors (Lipinski definition) is 0. The largest absolute Gasteiger partial charge is 1.00 e. The monoisotopic (exact) mass is 964 g/mol. The van der Waals surface area contributed by atoms with Crippen LogP contribution >= 0.6 is 0 Å². The first-order valence-electron chi connectivity index (χ1n) is 21.6. The summed E-state index contributed by atoms with van der Waals surface area (Å²) in [6.45, 7) is 4.47. The third kappa shape index (κ3) is 12.2. The Morgan fingerprint density at radius 2 is 0.867 bits per heavy atom. The molecule has 14 heteroatoms. The van der Waals surface area contributed by atoms with Crippen molar-refractivity contribution in [2.45, 2.75) is 166 Å². The molecule has 0 saturated carbocycles. The lowest BCUT2D eigenvalue weighted by molar-refractivity contribution is -0.961. The molecule has 6 rings (SSSR count). The van der Waals surface area contributed by atoms with Crippen LogP contribution in [0, 0.1) is 0 Å². The van der Waals surface area contributed by atoms with E-state index in [1.807, 2.05) is 36.4 Å². The van der Waals surface area contributed by atoms with Gasteiger partial charge >= 0.3 is 23.9 Å². The number of nitrogens with zero attached hydrogens (tertiary/aromatic N) is 2. The van der Waals surface area contributed by atoms with E-state index in [9.17, 15) is 19.2 Å². The van der Waals surface area contributed by atoms with Gasteiger partial charge in [0.25, 0.3) is 0 Å². The number of carbonyl (C=O) groups is 4. The predicted molar refractivity (Wildman–Crippen MR) is 217 cm³/mol. The fourth-order valence-electron chi connectivity index (χ4n) is 10.7. The molecule has 12 nitrogen and oxygen atoms in total. The van der Waals surface area contributed by atoms with Gasteiger partial charge in [-0.3, -0.25) is 19.2 Å². The highest BCUT2D eigenvalue weighted by molar-refractivity contribution is 5.71. The van der Waals surface area contributed by atoms with Crippen molar-refractivity contribution in [3.63, 3.8) is 0 Å². The Kier molecular flexibility index (Phi) is 18.3. The number of rotatable bonds is 19. The molecule has 4 aliphatic rings. The SMILES string of the molecule is COc1cc(C[N+]2(C)C3CCC2CC(OC(=O)CCCCCCCCC(=O)OC2CC4CCC(C2)[N+]4(C)Cc2ccc(OC(C)=O)c(OC)c2)C3)ccc1OC(C)=O.[Br-].[Br-]. The molecule has 0 spiro atoms. The number of quaternary nitrogens is 2. The highest BCUT2D eigenvalue weighted by atomic mass is 79.9. The zero-order valence-corrected chi connectivity index (χ0v) is 39.6. The number of hydrogen-bond acceptors (Lipinski definition) is 10. The van der Waals surface area contributed by atoms with E-state index in [2.05, 4.69) is 14.1 Å². The van der Waals surface area contributed by atoms with Gasteiger partial charge in [0.05, 0.1) is 52.5 Å². The van der Waals surface area contributed by atoms with E-state index in [1.165, 1.54) is 13.8 Å². The number of unbranched alkanes of at least 4 members (excludes halogenated alkanes) is 5. The van der Waals surface area contributed by atoms with Crippen molar-refractivity contribution in [3.05, 3.63) is 47.5 Å². The molecular formula is C46H66Br2N2O10. The number of carbonyl (C=O) groups excluding carboxylic acids is 4. The molecule has 4 aliphatic heterocycles. The maximum Gasteiger partial charge on any atom is 0.308 e. The third-order valence-electron chi connectivity index (χ3n) is 13.8. The first-order chi connectivity index (χ1) is 27.8. The van der Waals surface area contributed by atoms with Crippen molar-refractivity contribution in [1.82, 2.24) is 0 Å². The van der Waals surface area contributed by atoms with E-state index >= 15 is 0 Å². The summed E-state index contributed by atoms with van der Waals surface area (Å²) in [6.07, 6.45) is 14.6. The molecule has 2 aromatic carbocycles. The van der Waals surface area contributed by atoms with E-state index in [1.54, 1.807) is 14.2 Å². The Morgan fingerprint density at radius 3 is 1.18 bits per heavy atom. The molecule has 4 atom stereocenters. The molecule has 60 heavy (non-hydrogen) atoms. The molecule has 0 radical (unpaired) electrons. The lowest BCUT2D eigenvalue weighted by Crippen LogP contribution is -3.00. The minimum absolute atomic E-state index is 0. The molecular weight excluding hydrogens is 900 g/mol. The molecule has 0 aliphatic carbocycles. The number of fused-ring (bicyclic) bond motifs is 4. The zero-order valence-electron chi connectivity index (χ0n) is 36.4. The van der Waals surface area contributed by atoms with Gasteiger partial charge in [0, 0.05) is 89.2 Å². The summed E-state index contributed by atoms with van der Waals surface area (Å²) >= 11 is 0. The van der Waals surface area contributed by atoms with Crippen molar-refractivity contribution in [1.29, 1.82) is 0 Å². The van der Waals surface area contributed by atoms with E-state index in [0.29, 0.717) is 60.0 Å². The summed E-state index contributed by atoms with van der Waals surface area (Å²) in [5, 5.41) is 0. The van der Waals surface area contributed by atoms with Crippen molar-refractivity contribution in [2.75, 3.05) is 28.3 Å². The molecule has 4 unspecified atom stereocenters. The Hall–Kier alpha value is -3.20. The van der Waals surface area contributed by atoms with E-state index in [0.717, 1.165) is 123 Å². The summed E-state index contributed by atoms with van der Waals surface area (Å²) < 4.78 is 35.5. The first kappa shape index (κ1) is 49.5. The molecule has 0 amide bonds. The number of methoxy groups -OCH3 is 2. The third-order valence-corrected chi connectivity index (χ3v) is 13.8. The molecule has 4 saturated heterocycles. The Balaban J connectivity index is 0.00000397. The van der Waals surface area contributed by atoms with Gasteiger partial charge < -0.3 is 71.4 Å². The zero-order chi connectivity index (χ0) is 41.5. The van der Waals surface area contributed by atoms with Crippen LogP contribution in [0.3, 0.4) is 0 Å². The van der Waals surface area contributed by atoms with E-state index in [4.69, 9.17) is 28.4 Å². The lowest BCUT2D eigenvalue weighted by Gasteiger charge is -2.47. The van der Waals surface area contributed by atoms with Gasteiger partial charge in [-0.1, -0.05) is 25.7 Å². The normalized spacial score (nSPS) is 27.4. The van der Waals surface area contributed by atoms with Crippen LogP contribution in [-0.2, 0) is 41.7 Å². The standard InChI is InChI=1S/C46H66N2O10.2BrH/c1-31(49)55-41-21-15-33(23-43(41)53-5)29-47(3)35-17-18-36(47)26-39(25-35)57-45(51)13-11-9-7-8-10-12-14-46(52)58-40-27-37-19-20-38(28-40)48(37,4)30-34-16-22-42(56-32(2)50)44(24-34)54-6;;/h15-16,21-24,35-40H,7-14,17-20,25-30H2,1-6H3;2*1H/q+2;;/p-2. The topological polar surface area (TPSA) is 124 Å². The quantitative estimate of drug-likeness (QED) is 0.0892. The second-order valence-electron chi connectivity index (χ2n) is 17.7. The van der Waals surface area contributed by atoms with Crippen LogP contribution in [0.15, 0.2) is 36.4 Å².